The predicted octanol–water partition coefficient (Wildman–Crippen LogP) is 4.98. The molecule has 320 valence electrons. The molecule has 15 heteroatoms. The van der Waals surface area contributed by atoms with Crippen molar-refractivity contribution in [2.24, 2.45) is 16.7 Å². The third-order valence-electron chi connectivity index (χ3n) is 13.5. The van der Waals surface area contributed by atoms with Gasteiger partial charge in [-0.2, -0.15) is 9.94 Å². The van der Waals surface area contributed by atoms with Gasteiger partial charge in [-0.05, 0) is 79.6 Å². The maximum atomic E-state index is 13.5. The van der Waals surface area contributed by atoms with Crippen molar-refractivity contribution in [3.05, 3.63) is 92.7 Å². The summed E-state index contributed by atoms with van der Waals surface area (Å²) in [6.07, 6.45) is 3.28. The first-order valence-electron chi connectivity index (χ1n) is 21.4. The Hall–Kier alpha value is -5.36. The lowest BCUT2D eigenvalue weighted by Crippen LogP contribution is -2.74. The molecule has 1 atom stereocenters. The first kappa shape index (κ1) is 42.3. The van der Waals surface area contributed by atoms with Gasteiger partial charge in [-0.3, -0.25) is 24.5 Å². The minimum absolute atomic E-state index is 0.0949. The van der Waals surface area contributed by atoms with Crippen LogP contribution in [0.25, 0.3) is 10.9 Å². The van der Waals surface area contributed by atoms with Crippen molar-refractivity contribution in [1.82, 2.24) is 35.4 Å². The van der Waals surface area contributed by atoms with Gasteiger partial charge in [0.05, 0.1) is 16.0 Å². The number of imide groups is 1. The molecule has 4 aromatic rings. The molecule has 3 aliphatic heterocycles. The summed E-state index contributed by atoms with van der Waals surface area (Å²) in [4.78, 5) is 58.4. The fourth-order valence-corrected chi connectivity index (χ4v) is 10.4. The SMILES string of the molecule is CC1(C)C(NC(=O)c2ccc(CCN3CCN(CC4CCN(c5ccc6nnn(C7CCC(=O)NC7=O)c(=O)c6c5)CC4)CC3)cc2)C(C)(C)C1Oc1ccc(C#N)c(Cl)c1. The summed E-state index contributed by atoms with van der Waals surface area (Å²) in [5.41, 5.74) is 2.66. The number of aromatic nitrogens is 3. The van der Waals surface area contributed by atoms with Crippen molar-refractivity contribution in [3.8, 4) is 11.8 Å². The van der Waals surface area contributed by atoms with E-state index in [9.17, 15) is 24.4 Å². The van der Waals surface area contributed by atoms with Gasteiger partial charge in [0.2, 0.25) is 5.91 Å². The van der Waals surface area contributed by atoms with Crippen LogP contribution in [-0.2, 0) is 16.0 Å². The average molecular weight is 848 g/mol. The van der Waals surface area contributed by atoms with Crippen molar-refractivity contribution in [3.63, 3.8) is 0 Å². The largest absolute Gasteiger partial charge is 0.489 e. The van der Waals surface area contributed by atoms with Crippen LogP contribution < -0.4 is 25.8 Å². The van der Waals surface area contributed by atoms with Crippen LogP contribution in [0.3, 0.4) is 0 Å². The Morgan fingerprint density at radius 3 is 2.30 bits per heavy atom. The van der Waals surface area contributed by atoms with E-state index in [0.29, 0.717) is 38.7 Å². The number of piperidine rings is 2. The van der Waals surface area contributed by atoms with Crippen LogP contribution in [0.1, 0.15) is 80.9 Å². The molecule has 1 saturated carbocycles. The number of benzene rings is 3. The normalized spacial score (nSPS) is 23.2. The van der Waals surface area contributed by atoms with Crippen molar-refractivity contribution < 1.29 is 19.1 Å². The molecule has 3 saturated heterocycles. The van der Waals surface area contributed by atoms with E-state index >= 15 is 0 Å². The number of carbonyl (C=O) groups excluding carboxylic acids is 3. The quantitative estimate of drug-likeness (QED) is 0.196. The standard InChI is InChI=1S/C46H54ClN9O5/c1-45(2)43(46(3,4)44(45)61-34-11-9-32(27-48)36(47)26-34)50-40(58)31-7-5-29(6-8-31)15-18-53-21-23-54(24-22-53)28-30-16-19-55(20-17-30)33-10-12-37-35(25-33)42(60)56(52-51-37)38-13-14-39(57)49-41(38)59/h5-12,25-26,30,38,43-44H,13-24,28H2,1-4H3,(H,50,58)(H,49,57,59). The highest BCUT2D eigenvalue weighted by atomic mass is 35.5. The van der Waals surface area contributed by atoms with Gasteiger partial charge in [0.1, 0.15) is 29.5 Å². The number of carbonyl (C=O) groups is 3. The third-order valence-corrected chi connectivity index (χ3v) is 13.8. The molecule has 14 nitrogen and oxygen atoms in total. The summed E-state index contributed by atoms with van der Waals surface area (Å²) in [5, 5.41) is 23.8. The summed E-state index contributed by atoms with van der Waals surface area (Å²) < 4.78 is 7.50. The molecule has 0 bridgehead atoms. The molecule has 0 radical (unpaired) electrons. The lowest BCUT2D eigenvalue weighted by molar-refractivity contribution is -0.164. The van der Waals surface area contributed by atoms with Crippen LogP contribution in [0.2, 0.25) is 5.02 Å². The summed E-state index contributed by atoms with van der Waals surface area (Å²) >= 11 is 6.25. The van der Waals surface area contributed by atoms with Crippen LogP contribution in [0.15, 0.2) is 65.5 Å². The number of nitrogens with one attached hydrogen (secondary N) is 2. The zero-order valence-electron chi connectivity index (χ0n) is 35.3. The fraction of sp³-hybridized carbons (Fsp3) is 0.500. The van der Waals surface area contributed by atoms with E-state index < -0.39 is 11.9 Å². The molecule has 4 fully saturated rings. The van der Waals surface area contributed by atoms with E-state index in [-0.39, 0.29) is 53.2 Å². The number of rotatable bonds is 11. The Morgan fingerprint density at radius 2 is 1.62 bits per heavy atom. The molecule has 3 amide bonds. The number of hydrogen-bond donors (Lipinski definition) is 2. The maximum absolute atomic E-state index is 13.5. The second-order valence-electron chi connectivity index (χ2n) is 18.3. The number of ether oxygens (including phenoxy) is 1. The topological polar surface area (TPSA) is 166 Å². The van der Waals surface area contributed by atoms with Gasteiger partial charge in [-0.1, -0.05) is 56.6 Å². The molecular weight excluding hydrogens is 794 g/mol. The van der Waals surface area contributed by atoms with Gasteiger partial charge in [0, 0.05) is 93.0 Å². The lowest BCUT2D eigenvalue weighted by atomic mass is 9.49. The first-order chi connectivity index (χ1) is 29.2. The van der Waals surface area contributed by atoms with E-state index in [0.717, 1.165) is 82.0 Å². The minimum Gasteiger partial charge on any atom is -0.489 e. The second kappa shape index (κ2) is 17.2. The number of anilines is 1. The van der Waals surface area contributed by atoms with Gasteiger partial charge >= 0.3 is 0 Å². The van der Waals surface area contributed by atoms with Crippen molar-refractivity contribution >= 4 is 45.9 Å². The number of halogens is 1. The number of nitriles is 1. The molecule has 8 rings (SSSR count). The molecule has 4 aliphatic rings. The Kier molecular flexibility index (Phi) is 11.9. The zero-order chi connectivity index (χ0) is 43.1. The van der Waals surface area contributed by atoms with Crippen molar-refractivity contribution in [1.29, 1.82) is 5.26 Å². The number of hydrogen-bond acceptors (Lipinski definition) is 11. The third kappa shape index (κ3) is 8.74. The zero-order valence-corrected chi connectivity index (χ0v) is 36.1. The highest BCUT2D eigenvalue weighted by Crippen LogP contribution is 2.55. The minimum atomic E-state index is -0.844. The van der Waals surface area contributed by atoms with Gasteiger partial charge in [0.15, 0.2) is 0 Å². The van der Waals surface area contributed by atoms with Crippen LogP contribution in [0.5, 0.6) is 5.75 Å². The molecule has 4 heterocycles. The van der Waals surface area contributed by atoms with E-state index in [1.807, 2.05) is 30.3 Å². The number of nitrogens with zero attached hydrogens (tertiary/aromatic N) is 7. The second-order valence-corrected chi connectivity index (χ2v) is 18.7. The van der Waals surface area contributed by atoms with E-state index in [1.165, 1.54) is 5.56 Å². The molecular formula is C46H54ClN9O5. The highest BCUT2D eigenvalue weighted by Gasteiger charge is 2.64. The molecule has 2 N–H and O–H groups in total. The molecule has 1 aromatic heterocycles. The van der Waals surface area contributed by atoms with Crippen LogP contribution in [0, 0.1) is 28.1 Å². The smallest absolute Gasteiger partial charge is 0.278 e. The molecule has 1 unspecified atom stereocenters. The summed E-state index contributed by atoms with van der Waals surface area (Å²) in [7, 11) is 0. The fourth-order valence-electron chi connectivity index (χ4n) is 10.2. The monoisotopic (exact) mass is 847 g/mol. The van der Waals surface area contributed by atoms with Gasteiger partial charge < -0.3 is 24.8 Å². The highest BCUT2D eigenvalue weighted by molar-refractivity contribution is 6.31. The summed E-state index contributed by atoms with van der Waals surface area (Å²) in [6.45, 7) is 16.4. The maximum Gasteiger partial charge on any atom is 0.278 e. The van der Waals surface area contributed by atoms with Crippen LogP contribution in [-0.4, -0.2) is 107 Å². The van der Waals surface area contributed by atoms with E-state index in [1.54, 1.807) is 18.2 Å². The summed E-state index contributed by atoms with van der Waals surface area (Å²) in [5.74, 6) is 0.259. The van der Waals surface area contributed by atoms with Crippen molar-refractivity contribution in [2.75, 3.05) is 57.3 Å². The number of piperazine rings is 1. The van der Waals surface area contributed by atoms with Crippen molar-refractivity contribution in [2.45, 2.75) is 78.0 Å². The molecule has 0 spiro atoms. The molecule has 61 heavy (non-hydrogen) atoms. The summed E-state index contributed by atoms with van der Waals surface area (Å²) in [6, 6.07) is 19.9. The number of fused-ring (bicyclic) bond motifs is 1. The van der Waals surface area contributed by atoms with E-state index in [2.05, 4.69) is 81.5 Å². The predicted molar refractivity (Wildman–Crippen MR) is 233 cm³/mol. The average Bonchev–Trinajstić information content (AvgIpc) is 3.25. The Labute approximate surface area is 361 Å². The van der Waals surface area contributed by atoms with Gasteiger partial charge in [-0.15, -0.1) is 5.10 Å². The van der Waals surface area contributed by atoms with Gasteiger partial charge in [-0.25, -0.2) is 0 Å². The first-order valence-corrected chi connectivity index (χ1v) is 21.8. The van der Waals surface area contributed by atoms with Crippen LogP contribution >= 0.6 is 11.6 Å². The lowest BCUT2D eigenvalue weighted by Gasteiger charge is -2.63. The van der Waals surface area contributed by atoms with E-state index in [4.69, 9.17) is 16.3 Å². The molecule has 1 aliphatic carbocycles. The Balaban J connectivity index is 0.762. The van der Waals surface area contributed by atoms with Crippen LogP contribution in [0.4, 0.5) is 5.69 Å². The Bertz CT molecular complexity index is 2400. The molecule has 3 aromatic carbocycles. The Morgan fingerprint density at radius 1 is 0.918 bits per heavy atom. The number of amides is 3. The van der Waals surface area contributed by atoms with Gasteiger partial charge in [0.25, 0.3) is 17.4 Å².